The Morgan fingerprint density at radius 1 is 1.50 bits per heavy atom. The van der Waals surface area contributed by atoms with Gasteiger partial charge in [-0.3, -0.25) is 0 Å². The first-order valence-corrected chi connectivity index (χ1v) is 4.73. The second-order valence-electron chi connectivity index (χ2n) is 2.83. The standard InChI is InChI=1S/C7H11BrF2/c8-5-3-6-2-1-4-7(6,9)10/h6H,1-5H2. The fraction of sp³-hybridized carbons (Fsp3) is 1.00. The van der Waals surface area contributed by atoms with Crippen LogP contribution < -0.4 is 0 Å². The van der Waals surface area contributed by atoms with Crippen molar-refractivity contribution in [1.82, 2.24) is 0 Å². The number of alkyl halides is 3. The van der Waals surface area contributed by atoms with Gasteiger partial charge in [0.2, 0.25) is 0 Å². The Balaban J connectivity index is 2.43. The largest absolute Gasteiger partial charge is 0.250 e. The van der Waals surface area contributed by atoms with Gasteiger partial charge in [0, 0.05) is 17.7 Å². The summed E-state index contributed by atoms with van der Waals surface area (Å²) in [5.41, 5.74) is 0. The molecule has 0 aliphatic heterocycles. The van der Waals surface area contributed by atoms with E-state index in [-0.39, 0.29) is 12.3 Å². The summed E-state index contributed by atoms with van der Waals surface area (Å²) in [6.07, 6.45) is 2.13. The van der Waals surface area contributed by atoms with Crippen LogP contribution in [0.1, 0.15) is 25.7 Å². The molecule has 1 aliphatic rings. The molecule has 0 N–H and O–H groups in total. The van der Waals surface area contributed by atoms with Crippen molar-refractivity contribution in [2.45, 2.75) is 31.6 Å². The Bertz CT molecular complexity index is 114. The summed E-state index contributed by atoms with van der Waals surface area (Å²) in [6, 6.07) is 0. The van der Waals surface area contributed by atoms with Crippen molar-refractivity contribution >= 4 is 15.9 Å². The smallest absolute Gasteiger partial charge is 0.207 e. The van der Waals surface area contributed by atoms with Gasteiger partial charge in [0.25, 0.3) is 5.92 Å². The molecule has 3 heteroatoms. The zero-order valence-electron chi connectivity index (χ0n) is 5.75. The summed E-state index contributed by atoms with van der Waals surface area (Å²) in [5, 5.41) is 0.702. The Labute approximate surface area is 68.1 Å². The van der Waals surface area contributed by atoms with Crippen molar-refractivity contribution in [1.29, 1.82) is 0 Å². The molecule has 0 aromatic rings. The molecule has 0 nitrogen and oxygen atoms in total. The molecule has 60 valence electrons. The maximum atomic E-state index is 12.8. The SMILES string of the molecule is FC1(F)CCCC1CCBr. The molecule has 1 atom stereocenters. The molecule has 10 heavy (non-hydrogen) atoms. The minimum absolute atomic E-state index is 0.102. The predicted octanol–water partition coefficient (Wildman–Crippen LogP) is 3.21. The summed E-state index contributed by atoms with van der Waals surface area (Å²) in [7, 11) is 0. The van der Waals surface area contributed by atoms with E-state index in [1.54, 1.807) is 0 Å². The first kappa shape index (κ1) is 8.44. The molecule has 0 saturated heterocycles. The van der Waals surface area contributed by atoms with Crippen LogP contribution in [0.2, 0.25) is 0 Å². The molecule has 1 fully saturated rings. The van der Waals surface area contributed by atoms with Gasteiger partial charge in [-0.2, -0.15) is 0 Å². The van der Waals surface area contributed by atoms with E-state index < -0.39 is 5.92 Å². The van der Waals surface area contributed by atoms with Crippen LogP contribution in [0.4, 0.5) is 8.78 Å². The van der Waals surface area contributed by atoms with Gasteiger partial charge < -0.3 is 0 Å². The quantitative estimate of drug-likeness (QED) is 0.618. The highest BCUT2D eigenvalue weighted by Gasteiger charge is 2.42. The molecule has 0 aromatic carbocycles. The number of halogens is 3. The average molecular weight is 213 g/mol. The third kappa shape index (κ3) is 1.68. The van der Waals surface area contributed by atoms with Gasteiger partial charge in [0.05, 0.1) is 0 Å². The van der Waals surface area contributed by atoms with E-state index >= 15 is 0 Å². The van der Waals surface area contributed by atoms with E-state index in [9.17, 15) is 8.78 Å². The summed E-state index contributed by atoms with van der Waals surface area (Å²) in [6.45, 7) is 0. The van der Waals surface area contributed by atoms with Crippen LogP contribution >= 0.6 is 15.9 Å². The van der Waals surface area contributed by atoms with Gasteiger partial charge in [-0.25, -0.2) is 8.78 Å². The summed E-state index contributed by atoms with van der Waals surface area (Å²) in [4.78, 5) is 0. The van der Waals surface area contributed by atoms with Crippen molar-refractivity contribution in [3.8, 4) is 0 Å². The Morgan fingerprint density at radius 2 is 2.20 bits per heavy atom. The van der Waals surface area contributed by atoms with Gasteiger partial charge in [-0.1, -0.05) is 15.9 Å². The van der Waals surface area contributed by atoms with Crippen molar-refractivity contribution in [3.05, 3.63) is 0 Å². The molecule has 0 amide bonds. The van der Waals surface area contributed by atoms with Crippen molar-refractivity contribution in [3.63, 3.8) is 0 Å². The topological polar surface area (TPSA) is 0 Å². The van der Waals surface area contributed by atoms with E-state index in [2.05, 4.69) is 15.9 Å². The highest BCUT2D eigenvalue weighted by Crippen LogP contribution is 2.42. The lowest BCUT2D eigenvalue weighted by atomic mass is 10.0. The van der Waals surface area contributed by atoms with Crippen LogP contribution in [0.15, 0.2) is 0 Å². The fourth-order valence-corrected chi connectivity index (χ4v) is 2.04. The van der Waals surface area contributed by atoms with E-state index in [0.717, 1.165) is 0 Å². The van der Waals surface area contributed by atoms with Gasteiger partial charge >= 0.3 is 0 Å². The predicted molar refractivity (Wildman–Crippen MR) is 40.7 cm³/mol. The van der Waals surface area contributed by atoms with Crippen LogP contribution in [0.3, 0.4) is 0 Å². The molecule has 1 rings (SSSR count). The lowest BCUT2D eigenvalue weighted by molar-refractivity contribution is -0.0372. The Morgan fingerprint density at radius 3 is 2.60 bits per heavy atom. The first-order chi connectivity index (χ1) is 4.67. The monoisotopic (exact) mass is 212 g/mol. The number of hydrogen-bond acceptors (Lipinski definition) is 0. The van der Waals surface area contributed by atoms with E-state index in [0.29, 0.717) is 24.6 Å². The maximum Gasteiger partial charge on any atom is 0.250 e. The molecular formula is C7H11BrF2. The summed E-state index contributed by atoms with van der Waals surface area (Å²) in [5.74, 6) is -2.72. The van der Waals surface area contributed by atoms with Crippen molar-refractivity contribution in [2.24, 2.45) is 5.92 Å². The number of hydrogen-bond donors (Lipinski definition) is 0. The third-order valence-electron chi connectivity index (χ3n) is 2.12. The minimum Gasteiger partial charge on any atom is -0.207 e. The highest BCUT2D eigenvalue weighted by molar-refractivity contribution is 9.09. The molecule has 0 heterocycles. The van der Waals surface area contributed by atoms with Crippen molar-refractivity contribution < 1.29 is 8.78 Å². The molecule has 1 aliphatic carbocycles. The zero-order chi connectivity index (χ0) is 7.61. The molecule has 0 bridgehead atoms. The van der Waals surface area contributed by atoms with E-state index in [1.165, 1.54) is 0 Å². The second-order valence-corrected chi connectivity index (χ2v) is 3.62. The van der Waals surface area contributed by atoms with Gasteiger partial charge in [-0.15, -0.1) is 0 Å². The third-order valence-corrected chi connectivity index (χ3v) is 2.58. The molecule has 1 saturated carbocycles. The molecule has 1 unspecified atom stereocenters. The molecule has 0 radical (unpaired) electrons. The highest BCUT2D eigenvalue weighted by atomic mass is 79.9. The van der Waals surface area contributed by atoms with Crippen LogP contribution in [-0.4, -0.2) is 11.3 Å². The van der Waals surface area contributed by atoms with E-state index in [1.807, 2.05) is 0 Å². The van der Waals surface area contributed by atoms with Crippen LogP contribution in [0.25, 0.3) is 0 Å². The maximum absolute atomic E-state index is 12.8. The van der Waals surface area contributed by atoms with Crippen LogP contribution in [0, 0.1) is 5.92 Å². The molecule has 0 aromatic heterocycles. The second kappa shape index (κ2) is 3.16. The molecule has 0 spiro atoms. The average Bonchev–Trinajstić information content (AvgIpc) is 2.13. The minimum atomic E-state index is -2.37. The zero-order valence-corrected chi connectivity index (χ0v) is 7.33. The van der Waals surface area contributed by atoms with E-state index in [4.69, 9.17) is 0 Å². The fourth-order valence-electron chi connectivity index (χ4n) is 1.49. The van der Waals surface area contributed by atoms with Crippen LogP contribution in [0.5, 0.6) is 0 Å². The number of rotatable bonds is 2. The van der Waals surface area contributed by atoms with Gasteiger partial charge in [0.15, 0.2) is 0 Å². The van der Waals surface area contributed by atoms with Gasteiger partial charge in [-0.05, 0) is 19.3 Å². The Hall–Kier alpha value is 0.340. The summed E-state index contributed by atoms with van der Waals surface area (Å²) >= 11 is 3.18. The van der Waals surface area contributed by atoms with Crippen molar-refractivity contribution in [2.75, 3.05) is 5.33 Å². The first-order valence-electron chi connectivity index (χ1n) is 3.60. The summed E-state index contributed by atoms with van der Waals surface area (Å²) < 4.78 is 25.6. The Kier molecular flexibility index (Phi) is 2.67. The van der Waals surface area contributed by atoms with Gasteiger partial charge in [0.1, 0.15) is 0 Å². The molecular weight excluding hydrogens is 202 g/mol. The normalized spacial score (nSPS) is 30.9. The van der Waals surface area contributed by atoms with Crippen LogP contribution in [-0.2, 0) is 0 Å². The lowest BCUT2D eigenvalue weighted by Gasteiger charge is -2.16. The lowest BCUT2D eigenvalue weighted by Crippen LogP contribution is -2.21.